The first-order valence-corrected chi connectivity index (χ1v) is 6.49. The normalized spacial score (nSPS) is 14.7. The molecule has 1 aromatic heterocycles. The first-order chi connectivity index (χ1) is 8.22. The summed E-state index contributed by atoms with van der Waals surface area (Å²) in [6, 6.07) is 1.69. The van der Waals surface area contributed by atoms with E-state index in [0.717, 1.165) is 19.5 Å². The molecule has 17 heavy (non-hydrogen) atoms. The van der Waals surface area contributed by atoms with Gasteiger partial charge in [0.2, 0.25) is 0 Å². The van der Waals surface area contributed by atoms with Crippen LogP contribution in [0.15, 0.2) is 18.5 Å². The Labute approximate surface area is 107 Å². The zero-order valence-corrected chi connectivity index (χ0v) is 10.8. The molecule has 0 bridgehead atoms. The van der Waals surface area contributed by atoms with E-state index in [2.05, 4.69) is 11.9 Å². The van der Waals surface area contributed by atoms with Gasteiger partial charge in [0.05, 0.1) is 10.6 Å². The molecule has 2 rings (SSSR count). The molecule has 1 heterocycles. The van der Waals surface area contributed by atoms with Crippen molar-refractivity contribution < 1.29 is 4.79 Å². The van der Waals surface area contributed by atoms with E-state index in [1.165, 1.54) is 19.0 Å². The van der Waals surface area contributed by atoms with Gasteiger partial charge in [0, 0.05) is 25.5 Å². The van der Waals surface area contributed by atoms with E-state index >= 15 is 0 Å². The fourth-order valence-corrected chi connectivity index (χ4v) is 2.08. The molecule has 1 aliphatic rings. The van der Waals surface area contributed by atoms with Crippen LogP contribution in [0.2, 0.25) is 5.02 Å². The van der Waals surface area contributed by atoms with Crippen LogP contribution in [0.25, 0.3) is 0 Å². The molecule has 4 heteroatoms. The number of carbonyl (C=O) groups excluding carboxylic acids is 1. The molecule has 0 unspecified atom stereocenters. The van der Waals surface area contributed by atoms with E-state index < -0.39 is 0 Å². The Balaban J connectivity index is 2.11. The van der Waals surface area contributed by atoms with Gasteiger partial charge in [-0.15, -0.1) is 0 Å². The third-order valence-corrected chi connectivity index (χ3v) is 3.26. The van der Waals surface area contributed by atoms with E-state index in [0.29, 0.717) is 16.5 Å². The Morgan fingerprint density at radius 1 is 1.59 bits per heavy atom. The second-order valence-electron chi connectivity index (χ2n) is 4.55. The molecular weight excluding hydrogens is 236 g/mol. The van der Waals surface area contributed by atoms with Gasteiger partial charge in [-0.3, -0.25) is 9.78 Å². The third kappa shape index (κ3) is 3.19. The maximum absolute atomic E-state index is 12.3. The van der Waals surface area contributed by atoms with Gasteiger partial charge in [0.25, 0.3) is 5.91 Å². The van der Waals surface area contributed by atoms with Crippen molar-refractivity contribution in [3.05, 3.63) is 29.0 Å². The average molecular weight is 253 g/mol. The Bertz CT molecular complexity index is 404. The van der Waals surface area contributed by atoms with Crippen LogP contribution in [0.3, 0.4) is 0 Å². The Morgan fingerprint density at radius 2 is 2.35 bits per heavy atom. The van der Waals surface area contributed by atoms with Gasteiger partial charge in [0.15, 0.2) is 0 Å². The molecular formula is C13H17ClN2O. The van der Waals surface area contributed by atoms with Crippen LogP contribution in [0.4, 0.5) is 0 Å². The molecule has 3 nitrogen and oxygen atoms in total. The summed E-state index contributed by atoms with van der Waals surface area (Å²) in [6.07, 6.45) is 6.60. The van der Waals surface area contributed by atoms with Gasteiger partial charge in [-0.1, -0.05) is 18.5 Å². The van der Waals surface area contributed by atoms with Gasteiger partial charge < -0.3 is 4.90 Å². The molecule has 1 fully saturated rings. The first-order valence-electron chi connectivity index (χ1n) is 6.11. The summed E-state index contributed by atoms with van der Waals surface area (Å²) in [5, 5.41) is 0.439. The van der Waals surface area contributed by atoms with Gasteiger partial charge in [-0.2, -0.15) is 0 Å². The summed E-state index contributed by atoms with van der Waals surface area (Å²) in [5.74, 6) is 0.734. The van der Waals surface area contributed by atoms with Crippen molar-refractivity contribution in [3.8, 4) is 0 Å². The molecule has 92 valence electrons. The lowest BCUT2D eigenvalue weighted by Crippen LogP contribution is -2.33. The van der Waals surface area contributed by atoms with Crippen LogP contribution in [0.5, 0.6) is 0 Å². The van der Waals surface area contributed by atoms with E-state index in [1.807, 2.05) is 4.90 Å². The smallest absolute Gasteiger partial charge is 0.255 e. The van der Waals surface area contributed by atoms with E-state index in [1.54, 1.807) is 12.3 Å². The molecule has 1 amide bonds. The first kappa shape index (κ1) is 12.4. The highest BCUT2D eigenvalue weighted by Gasteiger charge is 2.27. The van der Waals surface area contributed by atoms with Crippen LogP contribution in [-0.4, -0.2) is 28.9 Å². The Morgan fingerprint density at radius 3 is 2.94 bits per heavy atom. The second-order valence-corrected chi connectivity index (χ2v) is 4.96. The number of hydrogen-bond acceptors (Lipinski definition) is 2. The Kier molecular flexibility index (Phi) is 4.00. The van der Waals surface area contributed by atoms with Crippen LogP contribution in [-0.2, 0) is 0 Å². The quantitative estimate of drug-likeness (QED) is 0.807. The number of amides is 1. The van der Waals surface area contributed by atoms with Crippen molar-refractivity contribution in [1.29, 1.82) is 0 Å². The highest BCUT2D eigenvalue weighted by atomic mass is 35.5. The van der Waals surface area contributed by atoms with E-state index in [-0.39, 0.29) is 5.91 Å². The van der Waals surface area contributed by atoms with Crippen molar-refractivity contribution in [2.45, 2.75) is 26.2 Å². The molecule has 0 atom stereocenters. The topological polar surface area (TPSA) is 33.2 Å². The Hall–Kier alpha value is -1.09. The predicted octanol–water partition coefficient (Wildman–Crippen LogP) is 3.00. The molecule has 0 N–H and O–H groups in total. The number of hydrogen-bond donors (Lipinski definition) is 0. The molecule has 1 aromatic rings. The summed E-state index contributed by atoms with van der Waals surface area (Å²) in [4.78, 5) is 18.2. The number of nitrogens with zero attached hydrogens (tertiary/aromatic N) is 2. The van der Waals surface area contributed by atoms with E-state index in [4.69, 9.17) is 11.6 Å². The van der Waals surface area contributed by atoms with Crippen molar-refractivity contribution in [2.75, 3.05) is 13.1 Å². The zero-order valence-electron chi connectivity index (χ0n) is 10.0. The molecule has 1 saturated carbocycles. The van der Waals surface area contributed by atoms with Crippen molar-refractivity contribution in [2.24, 2.45) is 5.92 Å². The van der Waals surface area contributed by atoms with Crippen LogP contribution >= 0.6 is 11.6 Å². The predicted molar refractivity (Wildman–Crippen MR) is 68.2 cm³/mol. The zero-order chi connectivity index (χ0) is 12.3. The third-order valence-electron chi connectivity index (χ3n) is 2.96. The van der Waals surface area contributed by atoms with E-state index in [9.17, 15) is 4.79 Å². The standard InChI is InChI=1S/C13H17ClN2O/c1-2-7-16(9-10-3-4-10)13(17)11-5-6-15-8-12(11)14/h5-6,8,10H,2-4,7,9H2,1H3. The number of pyridine rings is 1. The summed E-state index contributed by atoms with van der Waals surface area (Å²) in [6.45, 7) is 3.75. The largest absolute Gasteiger partial charge is 0.338 e. The lowest BCUT2D eigenvalue weighted by atomic mass is 10.2. The molecule has 0 aromatic carbocycles. The molecule has 0 aliphatic heterocycles. The molecule has 1 aliphatic carbocycles. The number of rotatable bonds is 5. The number of carbonyl (C=O) groups is 1. The minimum absolute atomic E-state index is 0.0335. The monoisotopic (exact) mass is 252 g/mol. The van der Waals surface area contributed by atoms with Crippen LogP contribution in [0.1, 0.15) is 36.5 Å². The van der Waals surface area contributed by atoms with Gasteiger partial charge in [-0.05, 0) is 31.2 Å². The van der Waals surface area contributed by atoms with Gasteiger partial charge in [-0.25, -0.2) is 0 Å². The maximum atomic E-state index is 12.3. The highest BCUT2D eigenvalue weighted by molar-refractivity contribution is 6.33. The lowest BCUT2D eigenvalue weighted by molar-refractivity contribution is 0.0748. The van der Waals surface area contributed by atoms with Crippen molar-refractivity contribution in [3.63, 3.8) is 0 Å². The van der Waals surface area contributed by atoms with Crippen LogP contribution < -0.4 is 0 Å². The molecule has 0 spiro atoms. The second kappa shape index (κ2) is 5.50. The average Bonchev–Trinajstić information content (AvgIpc) is 3.12. The summed E-state index contributed by atoms with van der Waals surface area (Å²) >= 11 is 6.01. The van der Waals surface area contributed by atoms with Crippen molar-refractivity contribution >= 4 is 17.5 Å². The number of aromatic nitrogens is 1. The minimum Gasteiger partial charge on any atom is -0.338 e. The fraction of sp³-hybridized carbons (Fsp3) is 0.538. The number of halogens is 1. The van der Waals surface area contributed by atoms with Crippen LogP contribution in [0, 0.1) is 5.92 Å². The molecule has 0 radical (unpaired) electrons. The SMILES string of the molecule is CCCN(CC1CC1)C(=O)c1ccncc1Cl. The maximum Gasteiger partial charge on any atom is 0.255 e. The summed E-state index contributed by atoms with van der Waals surface area (Å²) in [5.41, 5.74) is 0.566. The van der Waals surface area contributed by atoms with Gasteiger partial charge >= 0.3 is 0 Å². The van der Waals surface area contributed by atoms with Gasteiger partial charge in [0.1, 0.15) is 0 Å². The minimum atomic E-state index is 0.0335. The molecule has 0 saturated heterocycles. The summed E-state index contributed by atoms with van der Waals surface area (Å²) in [7, 11) is 0. The van der Waals surface area contributed by atoms with Crippen molar-refractivity contribution in [1.82, 2.24) is 9.88 Å². The fourth-order valence-electron chi connectivity index (χ4n) is 1.88. The summed E-state index contributed by atoms with van der Waals surface area (Å²) < 4.78 is 0. The highest BCUT2D eigenvalue weighted by Crippen LogP contribution is 2.30. The lowest BCUT2D eigenvalue weighted by Gasteiger charge is -2.22.